The lowest BCUT2D eigenvalue weighted by Crippen LogP contribution is -2.00. The first-order valence-corrected chi connectivity index (χ1v) is 5.37. The van der Waals surface area contributed by atoms with Crippen molar-refractivity contribution >= 4 is 28.5 Å². The Bertz CT molecular complexity index is 548. The zero-order valence-corrected chi connectivity index (χ0v) is 9.53. The van der Waals surface area contributed by atoms with Crippen molar-refractivity contribution in [1.82, 2.24) is 9.78 Å². The first kappa shape index (κ1) is 11.0. The number of fused-ring (bicyclic) bond motifs is 1. The average molecular weight is 239 g/mol. The van der Waals surface area contributed by atoms with E-state index in [1.807, 2.05) is 13.0 Å². The second-order valence-corrected chi connectivity index (χ2v) is 3.85. The third-order valence-corrected chi connectivity index (χ3v) is 2.82. The van der Waals surface area contributed by atoms with Gasteiger partial charge in [-0.05, 0) is 18.6 Å². The van der Waals surface area contributed by atoms with E-state index in [9.17, 15) is 4.79 Å². The van der Waals surface area contributed by atoms with Crippen molar-refractivity contribution in [3.8, 4) is 0 Å². The van der Waals surface area contributed by atoms with E-state index < -0.39 is 5.97 Å². The predicted molar refractivity (Wildman–Crippen MR) is 61.8 cm³/mol. The molecule has 1 aromatic heterocycles. The van der Waals surface area contributed by atoms with Crippen LogP contribution in [0.1, 0.15) is 12.5 Å². The maximum absolute atomic E-state index is 10.7. The van der Waals surface area contributed by atoms with Gasteiger partial charge < -0.3 is 5.11 Å². The number of aliphatic carboxylic acids is 1. The van der Waals surface area contributed by atoms with Gasteiger partial charge in [0.05, 0.1) is 11.9 Å². The second kappa shape index (κ2) is 4.14. The van der Waals surface area contributed by atoms with Crippen molar-refractivity contribution in [2.75, 3.05) is 0 Å². The van der Waals surface area contributed by atoms with E-state index in [0.717, 1.165) is 10.9 Å². The Morgan fingerprint density at radius 2 is 2.31 bits per heavy atom. The minimum Gasteiger partial charge on any atom is -0.481 e. The van der Waals surface area contributed by atoms with Gasteiger partial charge in [0.25, 0.3) is 0 Å². The van der Waals surface area contributed by atoms with Crippen molar-refractivity contribution < 1.29 is 9.90 Å². The first-order valence-electron chi connectivity index (χ1n) is 4.99. The molecule has 84 valence electrons. The number of rotatable bonds is 3. The summed E-state index contributed by atoms with van der Waals surface area (Å²) < 4.78 is 1.66. The number of carbonyl (C=O) groups is 1. The number of aromatic nitrogens is 2. The molecule has 1 aromatic carbocycles. The van der Waals surface area contributed by atoms with E-state index in [4.69, 9.17) is 16.7 Å². The number of benzene rings is 1. The smallest absolute Gasteiger partial charge is 0.307 e. The third kappa shape index (κ3) is 1.76. The van der Waals surface area contributed by atoms with Gasteiger partial charge in [0.1, 0.15) is 5.15 Å². The summed E-state index contributed by atoms with van der Waals surface area (Å²) in [4.78, 5) is 10.7. The highest BCUT2D eigenvalue weighted by atomic mass is 35.5. The lowest BCUT2D eigenvalue weighted by atomic mass is 10.1. The van der Waals surface area contributed by atoms with Crippen LogP contribution in [0.5, 0.6) is 0 Å². The molecule has 0 unspecified atom stereocenters. The van der Waals surface area contributed by atoms with Crippen LogP contribution in [-0.2, 0) is 17.8 Å². The van der Waals surface area contributed by atoms with Gasteiger partial charge in [-0.1, -0.05) is 23.7 Å². The molecule has 0 radical (unpaired) electrons. The number of hydrogen-bond acceptors (Lipinski definition) is 2. The number of nitrogens with zero attached hydrogens (tertiary/aromatic N) is 2. The Balaban J connectivity index is 2.65. The Morgan fingerprint density at radius 1 is 1.56 bits per heavy atom. The van der Waals surface area contributed by atoms with E-state index in [0.29, 0.717) is 17.3 Å². The first-order chi connectivity index (χ1) is 7.63. The molecule has 2 rings (SSSR count). The van der Waals surface area contributed by atoms with E-state index in [-0.39, 0.29) is 6.42 Å². The van der Waals surface area contributed by atoms with Gasteiger partial charge >= 0.3 is 5.97 Å². The van der Waals surface area contributed by atoms with Crippen molar-refractivity contribution in [3.63, 3.8) is 0 Å². The van der Waals surface area contributed by atoms with Crippen LogP contribution in [0.25, 0.3) is 10.9 Å². The van der Waals surface area contributed by atoms with Crippen LogP contribution in [0.2, 0.25) is 5.15 Å². The number of carboxylic acid groups (broad SMARTS) is 1. The SMILES string of the molecule is CCn1nc2cccc(CC(=O)O)c2c1Cl. The summed E-state index contributed by atoms with van der Waals surface area (Å²) in [7, 11) is 0. The molecule has 2 aromatic rings. The third-order valence-electron chi connectivity index (χ3n) is 2.43. The normalized spacial score (nSPS) is 10.9. The minimum atomic E-state index is -0.868. The molecule has 0 saturated heterocycles. The molecule has 4 nitrogen and oxygen atoms in total. The molecule has 0 aliphatic rings. The predicted octanol–water partition coefficient (Wildman–Crippen LogP) is 2.34. The van der Waals surface area contributed by atoms with Gasteiger partial charge in [0, 0.05) is 11.9 Å². The van der Waals surface area contributed by atoms with Crippen molar-refractivity contribution in [2.24, 2.45) is 0 Å². The molecule has 5 heteroatoms. The summed E-state index contributed by atoms with van der Waals surface area (Å²) in [5.41, 5.74) is 1.44. The van der Waals surface area contributed by atoms with Gasteiger partial charge in [-0.25, -0.2) is 0 Å². The number of aryl methyl sites for hydroxylation is 1. The van der Waals surface area contributed by atoms with E-state index in [1.54, 1.807) is 16.8 Å². The Hall–Kier alpha value is -1.55. The molecule has 0 amide bonds. The zero-order chi connectivity index (χ0) is 11.7. The van der Waals surface area contributed by atoms with Crippen LogP contribution in [-0.4, -0.2) is 20.9 Å². The van der Waals surface area contributed by atoms with Crippen LogP contribution < -0.4 is 0 Å². The molecule has 16 heavy (non-hydrogen) atoms. The topological polar surface area (TPSA) is 55.1 Å². The summed E-state index contributed by atoms with van der Waals surface area (Å²) >= 11 is 6.15. The lowest BCUT2D eigenvalue weighted by molar-refractivity contribution is -0.136. The lowest BCUT2D eigenvalue weighted by Gasteiger charge is -1.99. The summed E-state index contributed by atoms with van der Waals surface area (Å²) in [6.07, 6.45) is -0.0353. The highest BCUT2D eigenvalue weighted by Gasteiger charge is 2.13. The number of halogens is 1. The monoisotopic (exact) mass is 238 g/mol. The quantitative estimate of drug-likeness (QED) is 0.893. The average Bonchev–Trinajstić information content (AvgIpc) is 2.56. The number of hydrogen-bond donors (Lipinski definition) is 1. The molecule has 1 heterocycles. The molecule has 0 fully saturated rings. The van der Waals surface area contributed by atoms with Gasteiger partial charge in [0.2, 0.25) is 0 Å². The fraction of sp³-hybridized carbons (Fsp3) is 0.273. The van der Waals surface area contributed by atoms with Gasteiger partial charge in [-0.2, -0.15) is 5.10 Å². The molecular weight excluding hydrogens is 228 g/mol. The van der Waals surface area contributed by atoms with E-state index in [2.05, 4.69) is 5.10 Å². The zero-order valence-electron chi connectivity index (χ0n) is 8.77. The van der Waals surface area contributed by atoms with Crippen LogP contribution >= 0.6 is 11.6 Å². The number of carboxylic acids is 1. The Kier molecular flexibility index (Phi) is 2.83. The Morgan fingerprint density at radius 3 is 2.94 bits per heavy atom. The highest BCUT2D eigenvalue weighted by Crippen LogP contribution is 2.27. The van der Waals surface area contributed by atoms with Crippen LogP contribution in [0.15, 0.2) is 18.2 Å². The largest absolute Gasteiger partial charge is 0.481 e. The summed E-state index contributed by atoms with van der Waals surface area (Å²) in [6, 6.07) is 5.40. The molecule has 0 aliphatic carbocycles. The summed E-state index contributed by atoms with van der Waals surface area (Å²) in [6.45, 7) is 2.61. The van der Waals surface area contributed by atoms with Crippen molar-refractivity contribution in [3.05, 3.63) is 28.9 Å². The summed E-state index contributed by atoms with van der Waals surface area (Å²) in [5.74, 6) is -0.868. The van der Waals surface area contributed by atoms with Crippen LogP contribution in [0, 0.1) is 0 Å². The van der Waals surface area contributed by atoms with Crippen LogP contribution in [0.3, 0.4) is 0 Å². The van der Waals surface area contributed by atoms with Crippen LogP contribution in [0.4, 0.5) is 0 Å². The van der Waals surface area contributed by atoms with Crippen molar-refractivity contribution in [2.45, 2.75) is 19.9 Å². The molecule has 0 spiro atoms. The van der Waals surface area contributed by atoms with Gasteiger partial charge in [0.15, 0.2) is 0 Å². The molecular formula is C11H11ClN2O2. The summed E-state index contributed by atoms with van der Waals surface area (Å²) in [5, 5.41) is 14.4. The fourth-order valence-electron chi connectivity index (χ4n) is 1.73. The van der Waals surface area contributed by atoms with Gasteiger partial charge in [-0.3, -0.25) is 9.48 Å². The maximum Gasteiger partial charge on any atom is 0.307 e. The Labute approximate surface area is 97.4 Å². The standard InChI is InChI=1S/C11H11ClN2O2/c1-2-14-11(12)10-7(6-9(15)16)4-3-5-8(10)13-14/h3-5H,2,6H2,1H3,(H,15,16). The molecule has 0 aliphatic heterocycles. The molecule has 0 saturated carbocycles. The van der Waals surface area contributed by atoms with E-state index in [1.165, 1.54) is 0 Å². The molecule has 0 bridgehead atoms. The fourth-order valence-corrected chi connectivity index (χ4v) is 2.11. The molecule has 1 N–H and O–H groups in total. The maximum atomic E-state index is 10.7. The van der Waals surface area contributed by atoms with E-state index >= 15 is 0 Å². The highest BCUT2D eigenvalue weighted by molar-refractivity contribution is 6.34. The van der Waals surface area contributed by atoms with Gasteiger partial charge in [-0.15, -0.1) is 0 Å². The molecule has 0 atom stereocenters. The second-order valence-electron chi connectivity index (χ2n) is 3.49. The van der Waals surface area contributed by atoms with Crippen molar-refractivity contribution in [1.29, 1.82) is 0 Å². The minimum absolute atomic E-state index is 0.0353.